The Bertz CT molecular complexity index is 557. The maximum Gasteiger partial charge on any atom is 0.202 e. The van der Waals surface area contributed by atoms with Gasteiger partial charge >= 0.3 is 0 Å². The first-order valence-corrected chi connectivity index (χ1v) is 8.78. The number of hydrogen-bond donors (Lipinski definition) is 0. The minimum atomic E-state index is -1.52. The quantitative estimate of drug-likeness (QED) is 0.628. The highest BCUT2D eigenvalue weighted by atomic mass is 32.2. The number of rotatable bonds is 5. The molecule has 0 radical (unpaired) electrons. The molecule has 1 unspecified atom stereocenters. The van der Waals surface area contributed by atoms with Gasteiger partial charge in [-0.25, -0.2) is 0 Å². The Morgan fingerprint density at radius 1 is 1.00 bits per heavy atom. The minimum Gasteiger partial charge on any atom is -0.287 e. The number of nitrogens with zero attached hydrogens (tertiary/aromatic N) is 1. The number of thiol groups is 1. The van der Waals surface area contributed by atoms with Gasteiger partial charge in [0.15, 0.2) is 0 Å². The topological polar surface area (TPSA) is 29.5 Å². The molecule has 0 amide bonds. The summed E-state index contributed by atoms with van der Waals surface area (Å²) in [6.07, 6.45) is 1.71. The molecular weight excluding hydrogens is 282 g/mol. The highest BCUT2D eigenvalue weighted by molar-refractivity contribution is 7.79. The Balaban J connectivity index is 1.80. The van der Waals surface area contributed by atoms with E-state index in [1.165, 1.54) is 11.1 Å². The van der Waals surface area contributed by atoms with Crippen LogP contribution in [0.3, 0.4) is 0 Å². The van der Waals surface area contributed by atoms with E-state index in [0.29, 0.717) is 0 Å². The van der Waals surface area contributed by atoms with Gasteiger partial charge in [0, 0.05) is 13.1 Å². The number of benzene rings is 2. The molecule has 1 atom stereocenters. The molecule has 3 nitrogen and oxygen atoms in total. The van der Waals surface area contributed by atoms with Gasteiger partial charge in [-0.3, -0.25) is 4.90 Å². The van der Waals surface area contributed by atoms with Crippen molar-refractivity contribution in [3.8, 4) is 0 Å². The summed E-state index contributed by atoms with van der Waals surface area (Å²) in [7, 11) is 0. The molecule has 1 aliphatic heterocycles. The van der Waals surface area contributed by atoms with Crippen LogP contribution in [0.15, 0.2) is 60.7 Å². The smallest absolute Gasteiger partial charge is 0.202 e. The molecule has 0 N–H and O–H groups in total. The van der Waals surface area contributed by atoms with Gasteiger partial charge in [-0.1, -0.05) is 64.9 Å². The van der Waals surface area contributed by atoms with Crippen LogP contribution in [0.2, 0.25) is 0 Å². The van der Waals surface area contributed by atoms with E-state index in [2.05, 4.69) is 53.4 Å². The van der Waals surface area contributed by atoms with Gasteiger partial charge in [-0.2, -0.15) is 4.18 Å². The van der Waals surface area contributed by atoms with Crippen LogP contribution >= 0.6 is 0 Å². The van der Waals surface area contributed by atoms with E-state index in [9.17, 15) is 4.21 Å². The number of hydrogen-bond acceptors (Lipinski definition) is 3. The highest BCUT2D eigenvalue weighted by Crippen LogP contribution is 2.32. The summed E-state index contributed by atoms with van der Waals surface area (Å²) >= 11 is -1.52. The summed E-state index contributed by atoms with van der Waals surface area (Å²) in [6, 6.07) is 21.2. The fourth-order valence-electron chi connectivity index (χ4n) is 2.84. The van der Waals surface area contributed by atoms with Crippen LogP contribution in [-0.4, -0.2) is 30.3 Å². The second-order valence-electron chi connectivity index (χ2n) is 5.34. The van der Waals surface area contributed by atoms with E-state index >= 15 is 0 Å². The lowest BCUT2D eigenvalue weighted by Gasteiger charge is -2.42. The average molecular weight is 302 g/mol. The molecule has 1 aliphatic rings. The Morgan fingerprint density at radius 2 is 1.48 bits per heavy atom. The molecule has 1 saturated heterocycles. The van der Waals surface area contributed by atoms with Crippen molar-refractivity contribution in [3.05, 3.63) is 71.8 Å². The molecule has 0 aromatic heterocycles. The molecule has 0 spiro atoms. The third-order valence-corrected chi connectivity index (χ3v) is 4.36. The Kier molecular flexibility index (Phi) is 4.48. The fourth-order valence-corrected chi connectivity index (χ4v) is 3.40. The molecular formula is C17H20NO2S+. The van der Waals surface area contributed by atoms with Crippen molar-refractivity contribution < 1.29 is 8.39 Å². The Morgan fingerprint density at radius 3 is 1.90 bits per heavy atom. The van der Waals surface area contributed by atoms with Crippen molar-refractivity contribution in [1.82, 2.24) is 4.90 Å². The van der Waals surface area contributed by atoms with Crippen LogP contribution in [0.4, 0.5) is 0 Å². The number of likely N-dealkylation sites (tertiary alicyclic amines) is 1. The van der Waals surface area contributed by atoms with E-state index < -0.39 is 11.1 Å². The second kappa shape index (κ2) is 6.52. The van der Waals surface area contributed by atoms with Crippen molar-refractivity contribution >= 4 is 11.1 Å². The first kappa shape index (κ1) is 14.4. The molecule has 0 aliphatic carbocycles. The molecule has 0 bridgehead atoms. The molecule has 2 aromatic carbocycles. The van der Waals surface area contributed by atoms with Crippen LogP contribution in [0, 0.1) is 0 Å². The maximum atomic E-state index is 11.2. The SMILES string of the molecule is C[SH+](=O)OC1CN(C(c2ccccc2)c2ccccc2)C1. The minimum absolute atomic E-state index is 0.0912. The van der Waals surface area contributed by atoms with Gasteiger partial charge in [0.05, 0.1) is 6.04 Å². The van der Waals surface area contributed by atoms with E-state index in [1.807, 2.05) is 12.1 Å². The van der Waals surface area contributed by atoms with Crippen molar-refractivity contribution in [1.29, 1.82) is 0 Å². The predicted molar refractivity (Wildman–Crippen MR) is 86.5 cm³/mol. The van der Waals surface area contributed by atoms with Gasteiger partial charge in [0.25, 0.3) is 0 Å². The van der Waals surface area contributed by atoms with Gasteiger partial charge in [0.1, 0.15) is 12.4 Å². The summed E-state index contributed by atoms with van der Waals surface area (Å²) in [5.74, 6) is 0. The highest BCUT2D eigenvalue weighted by Gasteiger charge is 2.36. The molecule has 2 aromatic rings. The third-order valence-electron chi connectivity index (χ3n) is 3.77. The Labute approximate surface area is 128 Å². The molecule has 21 heavy (non-hydrogen) atoms. The van der Waals surface area contributed by atoms with E-state index in [0.717, 1.165) is 13.1 Å². The van der Waals surface area contributed by atoms with E-state index in [1.54, 1.807) is 6.26 Å². The molecule has 1 fully saturated rings. The zero-order chi connectivity index (χ0) is 14.7. The normalized spacial score (nSPS) is 17.6. The Hall–Kier alpha value is -1.49. The van der Waals surface area contributed by atoms with Crippen LogP contribution in [-0.2, 0) is 19.5 Å². The molecule has 4 heteroatoms. The van der Waals surface area contributed by atoms with Crippen molar-refractivity contribution in [3.63, 3.8) is 0 Å². The van der Waals surface area contributed by atoms with Crippen molar-refractivity contribution in [2.75, 3.05) is 19.3 Å². The largest absolute Gasteiger partial charge is 0.287 e. The summed E-state index contributed by atoms with van der Waals surface area (Å²) < 4.78 is 16.6. The van der Waals surface area contributed by atoms with Crippen molar-refractivity contribution in [2.24, 2.45) is 0 Å². The summed E-state index contributed by atoms with van der Waals surface area (Å²) in [5.41, 5.74) is 2.56. The van der Waals surface area contributed by atoms with E-state index in [-0.39, 0.29) is 12.1 Å². The standard InChI is InChI=1S/C17H19NO2S/c1-21(19)20-16-12-18(13-16)17(14-8-4-2-5-9-14)15-10-6-3-7-11-15/h2-11,16-17H,12-13H2,1H3/p+1. The second-order valence-corrected chi connectivity index (χ2v) is 6.44. The molecule has 0 saturated carbocycles. The average Bonchev–Trinajstić information content (AvgIpc) is 2.47. The van der Waals surface area contributed by atoms with Crippen LogP contribution < -0.4 is 0 Å². The van der Waals surface area contributed by atoms with E-state index in [4.69, 9.17) is 4.18 Å². The van der Waals surface area contributed by atoms with Gasteiger partial charge in [-0.05, 0) is 11.1 Å². The lowest BCUT2D eigenvalue weighted by Crippen LogP contribution is -2.53. The first-order chi connectivity index (χ1) is 10.2. The first-order valence-electron chi connectivity index (χ1n) is 7.15. The zero-order valence-corrected chi connectivity index (χ0v) is 12.9. The fraction of sp³-hybridized carbons (Fsp3) is 0.294. The lowest BCUT2D eigenvalue weighted by atomic mass is 9.94. The van der Waals surface area contributed by atoms with Gasteiger partial charge < -0.3 is 0 Å². The zero-order valence-electron chi connectivity index (χ0n) is 12.1. The molecule has 110 valence electrons. The summed E-state index contributed by atoms with van der Waals surface area (Å²) in [4.78, 5) is 2.37. The van der Waals surface area contributed by atoms with Crippen molar-refractivity contribution in [2.45, 2.75) is 12.1 Å². The van der Waals surface area contributed by atoms with Crippen LogP contribution in [0.1, 0.15) is 17.2 Å². The molecule has 1 heterocycles. The van der Waals surface area contributed by atoms with Gasteiger partial charge in [-0.15, -0.1) is 0 Å². The van der Waals surface area contributed by atoms with Crippen LogP contribution in [0.5, 0.6) is 0 Å². The van der Waals surface area contributed by atoms with Crippen LogP contribution in [0.25, 0.3) is 0 Å². The maximum absolute atomic E-state index is 11.2. The monoisotopic (exact) mass is 302 g/mol. The predicted octanol–water partition coefficient (Wildman–Crippen LogP) is 2.72. The molecule has 3 rings (SSSR count). The third kappa shape index (κ3) is 3.40. The summed E-state index contributed by atoms with van der Waals surface area (Å²) in [6.45, 7) is 1.65. The van der Waals surface area contributed by atoms with Gasteiger partial charge in [0.2, 0.25) is 11.1 Å². The lowest BCUT2D eigenvalue weighted by molar-refractivity contribution is 0.00802. The summed E-state index contributed by atoms with van der Waals surface area (Å²) in [5, 5.41) is 0.